The standard InChI is InChI=1S/C25H20ClNO5/c1-14-10-17-11-16(7-8-20(17)32-14)23(28)21-22(15-4-2-5-18(26)12-15)27(25(30)24(21)29)13-19-6-3-9-31-19/h2-9,11-12,14,22,28H,10,13H2,1H3. The number of aliphatic hydroxyl groups is 1. The maximum Gasteiger partial charge on any atom is 0.296 e. The fourth-order valence-electron chi connectivity index (χ4n) is 4.36. The third kappa shape index (κ3) is 3.46. The number of nitrogens with zero attached hydrogens (tertiary/aromatic N) is 1. The highest BCUT2D eigenvalue weighted by atomic mass is 35.5. The molecule has 0 spiro atoms. The highest BCUT2D eigenvalue weighted by Crippen LogP contribution is 2.41. The summed E-state index contributed by atoms with van der Waals surface area (Å²) < 4.78 is 11.1. The van der Waals surface area contributed by atoms with Crippen molar-refractivity contribution < 1.29 is 23.8 Å². The number of carbonyl (C=O) groups excluding carboxylic acids is 2. The summed E-state index contributed by atoms with van der Waals surface area (Å²) in [5, 5.41) is 11.7. The Morgan fingerprint density at radius 1 is 1.16 bits per heavy atom. The summed E-state index contributed by atoms with van der Waals surface area (Å²) in [4.78, 5) is 27.5. The maximum atomic E-state index is 13.1. The maximum absolute atomic E-state index is 13.1. The van der Waals surface area contributed by atoms with Gasteiger partial charge in [-0.25, -0.2) is 0 Å². The van der Waals surface area contributed by atoms with Crippen LogP contribution in [0.25, 0.3) is 5.76 Å². The van der Waals surface area contributed by atoms with Crippen LogP contribution in [0.1, 0.15) is 35.4 Å². The topological polar surface area (TPSA) is 80.0 Å². The van der Waals surface area contributed by atoms with Crippen LogP contribution >= 0.6 is 11.6 Å². The first kappa shape index (κ1) is 20.4. The Labute approximate surface area is 189 Å². The molecule has 2 aliphatic rings. The number of carbonyl (C=O) groups is 2. The van der Waals surface area contributed by atoms with Gasteiger partial charge < -0.3 is 19.2 Å². The van der Waals surface area contributed by atoms with Crippen LogP contribution in [0.4, 0.5) is 0 Å². The molecular formula is C25H20ClNO5. The fourth-order valence-corrected chi connectivity index (χ4v) is 4.56. The summed E-state index contributed by atoms with van der Waals surface area (Å²) in [7, 11) is 0. The molecule has 0 radical (unpaired) electrons. The highest BCUT2D eigenvalue weighted by molar-refractivity contribution is 6.46. The molecule has 7 heteroatoms. The van der Waals surface area contributed by atoms with E-state index < -0.39 is 17.7 Å². The van der Waals surface area contributed by atoms with Gasteiger partial charge in [0.25, 0.3) is 11.7 Å². The molecular weight excluding hydrogens is 430 g/mol. The second-order valence-electron chi connectivity index (χ2n) is 8.02. The number of halogens is 1. The van der Waals surface area contributed by atoms with Gasteiger partial charge in [-0.15, -0.1) is 0 Å². The van der Waals surface area contributed by atoms with Crippen molar-refractivity contribution in [2.75, 3.05) is 0 Å². The van der Waals surface area contributed by atoms with Crippen LogP contribution in [0.2, 0.25) is 5.02 Å². The Kier molecular flexibility index (Phi) is 5.02. The number of amides is 1. The Morgan fingerprint density at radius 2 is 2.00 bits per heavy atom. The summed E-state index contributed by atoms with van der Waals surface area (Å²) >= 11 is 6.21. The number of likely N-dealkylation sites (tertiary alicyclic amines) is 1. The molecule has 0 bridgehead atoms. The van der Waals surface area contributed by atoms with E-state index in [1.54, 1.807) is 48.5 Å². The second kappa shape index (κ2) is 7.88. The number of hydrogen-bond donors (Lipinski definition) is 1. The zero-order valence-electron chi connectivity index (χ0n) is 17.2. The zero-order chi connectivity index (χ0) is 22.4. The van der Waals surface area contributed by atoms with Gasteiger partial charge in [-0.3, -0.25) is 9.59 Å². The number of benzene rings is 2. The first-order valence-electron chi connectivity index (χ1n) is 10.3. The Bertz CT molecular complexity index is 1250. The molecule has 0 saturated carbocycles. The summed E-state index contributed by atoms with van der Waals surface area (Å²) in [5.41, 5.74) is 2.06. The zero-order valence-corrected chi connectivity index (χ0v) is 18.0. The molecule has 162 valence electrons. The lowest BCUT2D eigenvalue weighted by Crippen LogP contribution is -2.29. The molecule has 6 nitrogen and oxygen atoms in total. The third-order valence-corrected chi connectivity index (χ3v) is 6.02. The van der Waals surface area contributed by atoms with Crippen LogP contribution in [-0.4, -0.2) is 27.8 Å². The average Bonchev–Trinajstić information content (AvgIpc) is 3.47. The summed E-state index contributed by atoms with van der Waals surface area (Å²) in [5.74, 6) is -0.380. The van der Waals surface area contributed by atoms with Gasteiger partial charge in [0, 0.05) is 17.0 Å². The molecule has 1 fully saturated rings. The van der Waals surface area contributed by atoms with E-state index in [1.807, 2.05) is 13.0 Å². The molecule has 1 saturated heterocycles. The van der Waals surface area contributed by atoms with E-state index in [1.165, 1.54) is 11.2 Å². The number of aliphatic hydroxyl groups excluding tert-OH is 1. The van der Waals surface area contributed by atoms with Crippen LogP contribution in [0.3, 0.4) is 0 Å². The van der Waals surface area contributed by atoms with Gasteiger partial charge in [-0.2, -0.15) is 0 Å². The molecule has 2 aliphatic heterocycles. The average molecular weight is 450 g/mol. The van der Waals surface area contributed by atoms with E-state index in [-0.39, 0.29) is 24.0 Å². The molecule has 0 aliphatic carbocycles. The van der Waals surface area contributed by atoms with Crippen molar-refractivity contribution in [2.45, 2.75) is 32.0 Å². The van der Waals surface area contributed by atoms with E-state index in [9.17, 15) is 14.7 Å². The van der Waals surface area contributed by atoms with E-state index in [4.69, 9.17) is 20.8 Å². The molecule has 2 aromatic carbocycles. The Morgan fingerprint density at radius 3 is 2.75 bits per heavy atom. The number of furan rings is 1. The number of hydrogen-bond acceptors (Lipinski definition) is 5. The number of ether oxygens (including phenoxy) is 1. The minimum atomic E-state index is -0.803. The van der Waals surface area contributed by atoms with Gasteiger partial charge in [0.1, 0.15) is 23.4 Å². The largest absolute Gasteiger partial charge is 0.507 e. The lowest BCUT2D eigenvalue weighted by molar-refractivity contribution is -0.140. The molecule has 3 heterocycles. The van der Waals surface area contributed by atoms with Crippen LogP contribution < -0.4 is 4.74 Å². The van der Waals surface area contributed by atoms with Gasteiger partial charge in [-0.1, -0.05) is 23.7 Å². The molecule has 1 N–H and O–H groups in total. The van der Waals surface area contributed by atoms with E-state index in [2.05, 4.69) is 0 Å². The van der Waals surface area contributed by atoms with E-state index in [0.29, 0.717) is 28.3 Å². The highest BCUT2D eigenvalue weighted by Gasteiger charge is 2.46. The molecule has 3 aromatic rings. The number of rotatable bonds is 4. The van der Waals surface area contributed by atoms with Crippen LogP contribution in [-0.2, 0) is 22.6 Å². The van der Waals surface area contributed by atoms with Crippen molar-refractivity contribution in [3.8, 4) is 5.75 Å². The predicted octanol–water partition coefficient (Wildman–Crippen LogP) is 4.88. The van der Waals surface area contributed by atoms with Crippen molar-refractivity contribution in [1.82, 2.24) is 4.90 Å². The lowest BCUT2D eigenvalue weighted by Gasteiger charge is -2.24. The van der Waals surface area contributed by atoms with Crippen molar-refractivity contribution in [3.63, 3.8) is 0 Å². The van der Waals surface area contributed by atoms with Crippen molar-refractivity contribution in [3.05, 3.63) is 93.9 Å². The monoisotopic (exact) mass is 449 g/mol. The van der Waals surface area contributed by atoms with Gasteiger partial charge in [0.05, 0.1) is 24.4 Å². The Hall–Kier alpha value is -3.51. The first-order valence-corrected chi connectivity index (χ1v) is 10.7. The molecule has 1 aromatic heterocycles. The van der Waals surface area contributed by atoms with Gasteiger partial charge >= 0.3 is 0 Å². The van der Waals surface area contributed by atoms with E-state index >= 15 is 0 Å². The second-order valence-corrected chi connectivity index (χ2v) is 8.45. The van der Waals surface area contributed by atoms with Gasteiger partial charge in [-0.05, 0) is 60.5 Å². The fraction of sp³-hybridized carbons (Fsp3) is 0.200. The van der Waals surface area contributed by atoms with Gasteiger partial charge in [0.2, 0.25) is 0 Å². The summed E-state index contributed by atoms with van der Waals surface area (Å²) in [6, 6.07) is 14.9. The first-order chi connectivity index (χ1) is 15.4. The quantitative estimate of drug-likeness (QED) is 0.349. The van der Waals surface area contributed by atoms with Crippen molar-refractivity contribution >= 4 is 29.1 Å². The van der Waals surface area contributed by atoms with Crippen molar-refractivity contribution in [1.29, 1.82) is 0 Å². The molecule has 2 atom stereocenters. The lowest BCUT2D eigenvalue weighted by atomic mass is 9.94. The van der Waals surface area contributed by atoms with Crippen molar-refractivity contribution in [2.24, 2.45) is 0 Å². The minimum Gasteiger partial charge on any atom is -0.507 e. The summed E-state index contributed by atoms with van der Waals surface area (Å²) in [6.07, 6.45) is 2.27. The van der Waals surface area contributed by atoms with E-state index in [0.717, 1.165) is 11.3 Å². The third-order valence-electron chi connectivity index (χ3n) is 5.78. The van der Waals surface area contributed by atoms with Crippen LogP contribution in [0, 0.1) is 0 Å². The number of Topliss-reactive ketones (excluding diaryl/α,β-unsaturated/α-hetero) is 1. The normalized spacial score (nSPS) is 21.6. The van der Waals surface area contributed by atoms with Crippen LogP contribution in [0.5, 0.6) is 5.75 Å². The molecule has 5 rings (SSSR count). The smallest absolute Gasteiger partial charge is 0.296 e. The molecule has 1 amide bonds. The Balaban J connectivity index is 1.64. The SMILES string of the molecule is CC1Cc2cc(C(O)=C3C(=O)C(=O)N(Cc4ccco4)C3c3cccc(Cl)c3)ccc2O1. The predicted molar refractivity (Wildman–Crippen MR) is 118 cm³/mol. The van der Waals surface area contributed by atoms with Crippen LogP contribution in [0.15, 0.2) is 70.9 Å². The molecule has 32 heavy (non-hydrogen) atoms. The summed E-state index contributed by atoms with van der Waals surface area (Å²) in [6.45, 7) is 2.06. The molecule has 2 unspecified atom stereocenters. The number of fused-ring (bicyclic) bond motifs is 1. The number of ketones is 1. The minimum absolute atomic E-state index is 0.0238. The van der Waals surface area contributed by atoms with Gasteiger partial charge in [0.15, 0.2) is 0 Å².